The van der Waals surface area contributed by atoms with Crippen LogP contribution in [0.15, 0.2) is 12.1 Å². The van der Waals surface area contributed by atoms with Gasteiger partial charge in [0.05, 0.1) is 21.3 Å². The summed E-state index contributed by atoms with van der Waals surface area (Å²) in [5, 5.41) is 7.91. The van der Waals surface area contributed by atoms with Gasteiger partial charge >= 0.3 is 0 Å². The molecule has 114 valence electrons. The van der Waals surface area contributed by atoms with Crippen LogP contribution < -0.4 is 24.3 Å². The highest BCUT2D eigenvalue weighted by Crippen LogP contribution is 2.41. The van der Waals surface area contributed by atoms with Gasteiger partial charge in [0.25, 0.3) is 0 Å². The lowest BCUT2D eigenvalue weighted by Crippen LogP contribution is -2.01. The first-order valence-electron chi connectivity index (χ1n) is 6.15. The SMILES string of the molecule is CNc1snnc1COc1cc(OC)c(OC)c(OC)c1. The monoisotopic (exact) mass is 311 g/mol. The Balaban J connectivity index is 2.20. The highest BCUT2D eigenvalue weighted by atomic mass is 32.1. The van der Waals surface area contributed by atoms with E-state index in [0.29, 0.717) is 29.6 Å². The standard InChI is InChI=1S/C13H17N3O4S/c1-14-13-9(15-16-21-13)7-20-8-5-10(17-2)12(19-4)11(6-8)18-3/h5-6,14H,7H2,1-4H3. The van der Waals surface area contributed by atoms with Gasteiger partial charge in [0.1, 0.15) is 23.1 Å². The van der Waals surface area contributed by atoms with Crippen molar-refractivity contribution < 1.29 is 18.9 Å². The zero-order valence-electron chi connectivity index (χ0n) is 12.3. The van der Waals surface area contributed by atoms with Crippen molar-refractivity contribution in [2.24, 2.45) is 0 Å². The molecule has 0 unspecified atom stereocenters. The van der Waals surface area contributed by atoms with Crippen LogP contribution in [0.1, 0.15) is 5.69 Å². The van der Waals surface area contributed by atoms with Crippen molar-refractivity contribution in [2.75, 3.05) is 33.7 Å². The number of benzene rings is 1. The number of methoxy groups -OCH3 is 3. The molecule has 0 saturated heterocycles. The number of nitrogens with one attached hydrogen (secondary N) is 1. The van der Waals surface area contributed by atoms with Crippen LogP contribution in [0.3, 0.4) is 0 Å². The molecule has 0 atom stereocenters. The van der Waals surface area contributed by atoms with E-state index in [9.17, 15) is 0 Å². The summed E-state index contributed by atoms with van der Waals surface area (Å²) in [5.74, 6) is 2.20. The summed E-state index contributed by atoms with van der Waals surface area (Å²) in [6, 6.07) is 3.47. The molecule has 0 amide bonds. The van der Waals surface area contributed by atoms with E-state index in [1.807, 2.05) is 7.05 Å². The summed E-state index contributed by atoms with van der Waals surface area (Å²) in [7, 11) is 6.49. The van der Waals surface area contributed by atoms with Crippen LogP contribution in [0.5, 0.6) is 23.0 Å². The number of hydrogen-bond acceptors (Lipinski definition) is 8. The number of rotatable bonds is 7. The van der Waals surface area contributed by atoms with Crippen molar-refractivity contribution in [3.8, 4) is 23.0 Å². The van der Waals surface area contributed by atoms with E-state index < -0.39 is 0 Å². The number of anilines is 1. The van der Waals surface area contributed by atoms with E-state index in [4.69, 9.17) is 18.9 Å². The molecule has 8 heteroatoms. The lowest BCUT2D eigenvalue weighted by atomic mass is 10.2. The fraction of sp³-hybridized carbons (Fsp3) is 0.385. The summed E-state index contributed by atoms with van der Waals surface area (Å²) >= 11 is 1.28. The van der Waals surface area contributed by atoms with Crippen LogP contribution in [0, 0.1) is 0 Å². The number of nitrogens with zero attached hydrogens (tertiary/aromatic N) is 2. The molecule has 0 aliphatic rings. The fourth-order valence-electron chi connectivity index (χ4n) is 1.79. The van der Waals surface area contributed by atoms with Crippen LogP contribution in [-0.4, -0.2) is 38.0 Å². The quantitative estimate of drug-likeness (QED) is 0.840. The van der Waals surface area contributed by atoms with Gasteiger partial charge in [0.15, 0.2) is 11.5 Å². The highest BCUT2D eigenvalue weighted by molar-refractivity contribution is 7.10. The van der Waals surface area contributed by atoms with E-state index >= 15 is 0 Å². The van der Waals surface area contributed by atoms with Gasteiger partial charge in [-0.15, -0.1) is 5.10 Å². The molecule has 0 bridgehead atoms. The Morgan fingerprint density at radius 3 is 2.29 bits per heavy atom. The first-order chi connectivity index (χ1) is 10.2. The van der Waals surface area contributed by atoms with E-state index in [0.717, 1.165) is 10.7 Å². The lowest BCUT2D eigenvalue weighted by molar-refractivity contribution is 0.288. The molecular formula is C13H17N3O4S. The van der Waals surface area contributed by atoms with Crippen molar-refractivity contribution in [3.05, 3.63) is 17.8 Å². The first kappa shape index (κ1) is 15.2. The molecule has 0 spiro atoms. The largest absolute Gasteiger partial charge is 0.493 e. The molecule has 2 aromatic rings. The van der Waals surface area contributed by atoms with Gasteiger partial charge < -0.3 is 24.3 Å². The molecular weight excluding hydrogens is 294 g/mol. The summed E-state index contributed by atoms with van der Waals surface area (Å²) < 4.78 is 25.4. The second-order valence-electron chi connectivity index (χ2n) is 3.95. The molecule has 0 aliphatic heterocycles. The van der Waals surface area contributed by atoms with Gasteiger partial charge in [-0.3, -0.25) is 0 Å². The minimum atomic E-state index is 0.297. The van der Waals surface area contributed by atoms with E-state index in [-0.39, 0.29) is 0 Å². The average molecular weight is 311 g/mol. The molecule has 7 nitrogen and oxygen atoms in total. The second kappa shape index (κ2) is 6.98. The van der Waals surface area contributed by atoms with Gasteiger partial charge in [-0.1, -0.05) is 4.49 Å². The van der Waals surface area contributed by atoms with Crippen LogP contribution in [-0.2, 0) is 6.61 Å². The maximum atomic E-state index is 5.73. The zero-order chi connectivity index (χ0) is 15.2. The molecule has 1 aromatic heterocycles. The van der Waals surface area contributed by atoms with Crippen molar-refractivity contribution >= 4 is 16.5 Å². The minimum absolute atomic E-state index is 0.297. The Morgan fingerprint density at radius 2 is 1.76 bits per heavy atom. The molecule has 0 radical (unpaired) electrons. The molecule has 1 N–H and O–H groups in total. The van der Waals surface area contributed by atoms with Crippen LogP contribution in [0.4, 0.5) is 5.00 Å². The summed E-state index contributed by atoms with van der Waals surface area (Å²) in [6.07, 6.45) is 0. The van der Waals surface area contributed by atoms with Gasteiger partial charge in [0, 0.05) is 30.7 Å². The molecule has 1 aromatic carbocycles. The topological polar surface area (TPSA) is 74.7 Å². The number of aromatic nitrogens is 2. The molecule has 21 heavy (non-hydrogen) atoms. The highest BCUT2D eigenvalue weighted by Gasteiger charge is 2.15. The fourth-order valence-corrected chi connectivity index (χ4v) is 2.30. The molecule has 0 aliphatic carbocycles. The lowest BCUT2D eigenvalue weighted by Gasteiger charge is -2.14. The normalized spacial score (nSPS) is 10.1. The van der Waals surface area contributed by atoms with Gasteiger partial charge in [-0.05, 0) is 0 Å². The summed E-state index contributed by atoms with van der Waals surface area (Å²) in [6.45, 7) is 0.297. The van der Waals surface area contributed by atoms with Crippen molar-refractivity contribution in [3.63, 3.8) is 0 Å². The predicted molar refractivity (Wildman–Crippen MR) is 79.9 cm³/mol. The van der Waals surface area contributed by atoms with Gasteiger partial charge in [0.2, 0.25) is 5.75 Å². The molecule has 0 saturated carbocycles. The van der Waals surface area contributed by atoms with Crippen molar-refractivity contribution in [1.29, 1.82) is 0 Å². The maximum Gasteiger partial charge on any atom is 0.203 e. The van der Waals surface area contributed by atoms with E-state index in [1.54, 1.807) is 33.5 Å². The number of ether oxygens (including phenoxy) is 4. The van der Waals surface area contributed by atoms with Crippen molar-refractivity contribution in [1.82, 2.24) is 9.59 Å². The Morgan fingerprint density at radius 1 is 1.10 bits per heavy atom. The Kier molecular flexibility index (Phi) is 5.04. The minimum Gasteiger partial charge on any atom is -0.493 e. The van der Waals surface area contributed by atoms with E-state index in [2.05, 4.69) is 14.9 Å². The summed E-state index contributed by atoms with van der Waals surface area (Å²) in [5.41, 5.74) is 0.747. The third-order valence-electron chi connectivity index (χ3n) is 2.80. The Hall–Kier alpha value is -2.22. The van der Waals surface area contributed by atoms with Crippen LogP contribution >= 0.6 is 11.5 Å². The van der Waals surface area contributed by atoms with Gasteiger partial charge in [-0.2, -0.15) is 0 Å². The maximum absolute atomic E-state index is 5.73. The molecule has 1 heterocycles. The van der Waals surface area contributed by atoms with Crippen molar-refractivity contribution in [2.45, 2.75) is 6.61 Å². The molecule has 0 fully saturated rings. The first-order valence-corrected chi connectivity index (χ1v) is 6.92. The second-order valence-corrected chi connectivity index (χ2v) is 4.70. The third-order valence-corrected chi connectivity index (χ3v) is 3.58. The number of hydrogen-bond donors (Lipinski definition) is 1. The zero-order valence-corrected chi connectivity index (χ0v) is 13.1. The third kappa shape index (κ3) is 3.27. The van der Waals surface area contributed by atoms with Gasteiger partial charge in [-0.25, -0.2) is 0 Å². The Bertz CT molecular complexity index is 578. The predicted octanol–water partition coefficient (Wildman–Crippen LogP) is 2.18. The summed E-state index contributed by atoms with van der Waals surface area (Å²) in [4.78, 5) is 0. The van der Waals surface area contributed by atoms with Crippen LogP contribution in [0.25, 0.3) is 0 Å². The smallest absolute Gasteiger partial charge is 0.203 e. The van der Waals surface area contributed by atoms with Crippen LogP contribution in [0.2, 0.25) is 0 Å². The molecule has 2 rings (SSSR count). The Labute approximate surface area is 127 Å². The van der Waals surface area contributed by atoms with E-state index in [1.165, 1.54) is 11.5 Å². The average Bonchev–Trinajstić information content (AvgIpc) is 2.99.